The van der Waals surface area contributed by atoms with Crippen LogP contribution in [0, 0.1) is 35.0 Å². The van der Waals surface area contributed by atoms with Crippen LogP contribution in [0.2, 0.25) is 0 Å². The van der Waals surface area contributed by atoms with Crippen molar-refractivity contribution >= 4 is 6.08 Å². The Hall–Kier alpha value is -1.55. The average Bonchev–Trinajstić information content (AvgIpc) is 2.72. The van der Waals surface area contributed by atoms with Crippen molar-refractivity contribution in [3.8, 4) is 6.07 Å². The lowest BCUT2D eigenvalue weighted by Crippen LogP contribution is -2.25. The number of hydrogen-bond donors (Lipinski definition) is 0. The molecule has 1 aromatic rings. The molecule has 2 aliphatic rings. The van der Waals surface area contributed by atoms with Crippen molar-refractivity contribution in [2.45, 2.75) is 77.6 Å². The van der Waals surface area contributed by atoms with Gasteiger partial charge in [-0.05, 0) is 79.9 Å². The van der Waals surface area contributed by atoms with E-state index in [4.69, 9.17) is 5.26 Å². The van der Waals surface area contributed by atoms with Crippen LogP contribution >= 0.6 is 0 Å². The van der Waals surface area contributed by atoms with Gasteiger partial charge in [-0.25, -0.2) is 0 Å². The molecule has 2 saturated carbocycles. The Kier molecular flexibility index (Phi) is 7.36. The van der Waals surface area contributed by atoms with Gasteiger partial charge in [0.05, 0.1) is 11.6 Å². The van der Waals surface area contributed by atoms with Crippen molar-refractivity contribution in [3.63, 3.8) is 0 Å². The highest BCUT2D eigenvalue weighted by atomic mass is 14.4. The summed E-state index contributed by atoms with van der Waals surface area (Å²) in [7, 11) is 0. The van der Waals surface area contributed by atoms with Gasteiger partial charge in [-0.1, -0.05) is 63.3 Å². The highest BCUT2D eigenvalue weighted by molar-refractivity contribution is 5.50. The molecule has 26 heavy (non-hydrogen) atoms. The lowest BCUT2D eigenvalue weighted by atomic mass is 9.68. The second-order valence-electron chi connectivity index (χ2n) is 8.68. The third-order valence-electron chi connectivity index (χ3n) is 7.12. The topological polar surface area (TPSA) is 23.8 Å². The number of nitriles is 1. The highest BCUT2D eigenvalue weighted by Gasteiger charge is 2.30. The summed E-state index contributed by atoms with van der Waals surface area (Å²) < 4.78 is 0. The van der Waals surface area contributed by atoms with Crippen LogP contribution in [0.25, 0.3) is 6.08 Å². The Bertz CT molecular complexity index is 590. The maximum Gasteiger partial charge on any atom is 0.0991 e. The quantitative estimate of drug-likeness (QED) is 0.525. The first kappa shape index (κ1) is 19.2. The summed E-state index contributed by atoms with van der Waals surface area (Å²) in [6.07, 6.45) is 20.4. The molecule has 140 valence electrons. The number of rotatable bonds is 6. The van der Waals surface area contributed by atoms with Crippen LogP contribution in [0.3, 0.4) is 0 Å². The van der Waals surface area contributed by atoms with E-state index in [9.17, 15) is 0 Å². The van der Waals surface area contributed by atoms with E-state index in [1.54, 1.807) is 0 Å². The Morgan fingerprint density at radius 1 is 0.885 bits per heavy atom. The number of allylic oxidation sites excluding steroid dienone is 1. The van der Waals surface area contributed by atoms with Crippen molar-refractivity contribution in [2.75, 3.05) is 0 Å². The fraction of sp³-hybridized carbons (Fsp3) is 0.640. The molecule has 0 amide bonds. The van der Waals surface area contributed by atoms with Crippen molar-refractivity contribution in [1.29, 1.82) is 5.26 Å². The molecule has 0 N–H and O–H groups in total. The minimum absolute atomic E-state index is 0.738. The summed E-state index contributed by atoms with van der Waals surface area (Å²) in [6, 6.07) is 10.0. The minimum Gasteiger partial charge on any atom is -0.192 e. The van der Waals surface area contributed by atoms with Crippen LogP contribution < -0.4 is 0 Å². The molecule has 0 unspecified atom stereocenters. The van der Waals surface area contributed by atoms with Crippen LogP contribution in [0.4, 0.5) is 0 Å². The van der Waals surface area contributed by atoms with Gasteiger partial charge in [-0.15, -0.1) is 0 Å². The van der Waals surface area contributed by atoms with Crippen molar-refractivity contribution < 1.29 is 0 Å². The fourth-order valence-electron chi connectivity index (χ4n) is 5.24. The second-order valence-corrected chi connectivity index (χ2v) is 8.68. The molecule has 0 atom stereocenters. The predicted molar refractivity (Wildman–Crippen MR) is 111 cm³/mol. The van der Waals surface area contributed by atoms with Crippen LogP contribution in [0.5, 0.6) is 0 Å². The van der Waals surface area contributed by atoms with Gasteiger partial charge in [0.15, 0.2) is 0 Å². The van der Waals surface area contributed by atoms with Gasteiger partial charge in [0.2, 0.25) is 0 Å². The van der Waals surface area contributed by atoms with Crippen LogP contribution in [-0.2, 0) is 0 Å². The van der Waals surface area contributed by atoms with Gasteiger partial charge in [0.25, 0.3) is 0 Å². The van der Waals surface area contributed by atoms with E-state index in [-0.39, 0.29) is 0 Å². The van der Waals surface area contributed by atoms with Gasteiger partial charge in [-0.2, -0.15) is 5.26 Å². The smallest absolute Gasteiger partial charge is 0.0991 e. The molecule has 0 aromatic heterocycles. The summed E-state index contributed by atoms with van der Waals surface area (Å²) in [6.45, 7) is 2.37. The molecule has 1 heteroatoms. The normalized spacial score (nSPS) is 29.5. The number of nitrogens with zero attached hydrogens (tertiary/aromatic N) is 1. The Morgan fingerprint density at radius 3 is 2.00 bits per heavy atom. The van der Waals surface area contributed by atoms with Gasteiger partial charge in [0.1, 0.15) is 0 Å². The van der Waals surface area contributed by atoms with Gasteiger partial charge < -0.3 is 0 Å². The molecule has 0 saturated heterocycles. The summed E-state index contributed by atoms with van der Waals surface area (Å²) in [5.74, 6) is 4.07. The standard InChI is InChI=1S/C25H35N/c1-2-20-11-15-24(16-12-20)25-17-13-22(14-18-25)6-4-3-5-21-7-9-23(19-26)10-8-21/h3,5,7-10,20,22,24-25H,2,4,6,11-18H2,1H3/b5-3-. The molecular weight excluding hydrogens is 314 g/mol. The lowest BCUT2D eigenvalue weighted by Gasteiger charge is -2.37. The third-order valence-corrected chi connectivity index (χ3v) is 7.12. The fourth-order valence-corrected chi connectivity index (χ4v) is 5.24. The zero-order chi connectivity index (χ0) is 18.2. The van der Waals surface area contributed by atoms with Crippen molar-refractivity contribution in [3.05, 3.63) is 41.5 Å². The highest BCUT2D eigenvalue weighted by Crippen LogP contribution is 2.42. The lowest BCUT2D eigenvalue weighted by molar-refractivity contribution is 0.143. The first-order valence-electron chi connectivity index (χ1n) is 10.9. The van der Waals surface area contributed by atoms with Crippen LogP contribution in [0.15, 0.2) is 30.3 Å². The van der Waals surface area contributed by atoms with E-state index in [1.807, 2.05) is 24.3 Å². The van der Waals surface area contributed by atoms with E-state index in [0.717, 1.165) is 29.2 Å². The van der Waals surface area contributed by atoms with Gasteiger partial charge in [0, 0.05) is 0 Å². The molecule has 2 fully saturated rings. The maximum atomic E-state index is 8.84. The first-order valence-corrected chi connectivity index (χ1v) is 10.9. The second kappa shape index (κ2) is 9.96. The Morgan fingerprint density at radius 2 is 1.46 bits per heavy atom. The molecule has 1 nitrogen and oxygen atoms in total. The molecule has 0 radical (unpaired) electrons. The molecule has 0 bridgehead atoms. The van der Waals surface area contributed by atoms with E-state index < -0.39 is 0 Å². The van der Waals surface area contributed by atoms with Crippen molar-refractivity contribution in [1.82, 2.24) is 0 Å². The summed E-state index contributed by atoms with van der Waals surface area (Å²) in [5, 5.41) is 8.84. The Balaban J connectivity index is 1.34. The molecule has 0 spiro atoms. The maximum absolute atomic E-state index is 8.84. The van der Waals surface area contributed by atoms with E-state index in [1.165, 1.54) is 76.2 Å². The zero-order valence-electron chi connectivity index (χ0n) is 16.5. The summed E-state index contributed by atoms with van der Waals surface area (Å²) in [4.78, 5) is 0. The molecule has 0 aliphatic heterocycles. The molecule has 3 rings (SSSR count). The Labute approximate surface area is 160 Å². The monoisotopic (exact) mass is 349 g/mol. The largest absolute Gasteiger partial charge is 0.192 e. The first-order chi connectivity index (χ1) is 12.8. The van der Waals surface area contributed by atoms with Crippen molar-refractivity contribution in [2.24, 2.45) is 23.7 Å². The third kappa shape index (κ3) is 5.47. The van der Waals surface area contributed by atoms with E-state index in [2.05, 4.69) is 25.1 Å². The predicted octanol–water partition coefficient (Wildman–Crippen LogP) is 7.37. The molecular formula is C25H35N. The average molecular weight is 350 g/mol. The molecule has 2 aliphatic carbocycles. The number of hydrogen-bond acceptors (Lipinski definition) is 1. The summed E-state index contributed by atoms with van der Waals surface area (Å²) >= 11 is 0. The van der Waals surface area contributed by atoms with Crippen LogP contribution in [-0.4, -0.2) is 0 Å². The van der Waals surface area contributed by atoms with E-state index in [0.29, 0.717) is 0 Å². The summed E-state index contributed by atoms with van der Waals surface area (Å²) in [5.41, 5.74) is 1.94. The number of benzene rings is 1. The molecule has 1 aromatic carbocycles. The van der Waals surface area contributed by atoms with Gasteiger partial charge >= 0.3 is 0 Å². The van der Waals surface area contributed by atoms with Crippen LogP contribution in [0.1, 0.15) is 88.7 Å². The minimum atomic E-state index is 0.738. The molecule has 0 heterocycles. The van der Waals surface area contributed by atoms with Gasteiger partial charge in [-0.3, -0.25) is 0 Å². The van der Waals surface area contributed by atoms with E-state index >= 15 is 0 Å². The zero-order valence-corrected chi connectivity index (χ0v) is 16.5. The SMILES string of the molecule is CCC1CCC(C2CCC(CC/C=C\c3ccc(C#N)cc3)CC2)CC1.